The minimum Gasteiger partial charge on any atom is -0.388 e. The van der Waals surface area contributed by atoms with Crippen molar-refractivity contribution in [3.8, 4) is 0 Å². The SMILES string of the molecule is CC(C)N(CCC(=N)N)Cc1cccc(C(F)(F)F)c1. The van der Waals surface area contributed by atoms with Crippen LogP contribution in [0.4, 0.5) is 13.2 Å². The number of benzene rings is 1. The van der Waals surface area contributed by atoms with Crippen molar-refractivity contribution < 1.29 is 13.2 Å². The molecular weight excluding hydrogens is 267 g/mol. The fraction of sp³-hybridized carbons (Fsp3) is 0.500. The van der Waals surface area contributed by atoms with E-state index < -0.39 is 11.7 Å². The van der Waals surface area contributed by atoms with Crippen molar-refractivity contribution in [3.63, 3.8) is 0 Å². The van der Waals surface area contributed by atoms with Gasteiger partial charge >= 0.3 is 6.18 Å². The summed E-state index contributed by atoms with van der Waals surface area (Å²) in [4.78, 5) is 2.00. The zero-order chi connectivity index (χ0) is 15.3. The lowest BCUT2D eigenvalue weighted by molar-refractivity contribution is -0.137. The lowest BCUT2D eigenvalue weighted by Gasteiger charge is -2.26. The van der Waals surface area contributed by atoms with Gasteiger partial charge in [0.25, 0.3) is 0 Å². The smallest absolute Gasteiger partial charge is 0.388 e. The third kappa shape index (κ3) is 5.21. The molecule has 0 unspecified atom stereocenters. The van der Waals surface area contributed by atoms with Crippen LogP contribution < -0.4 is 5.73 Å². The first kappa shape index (κ1) is 16.5. The maximum Gasteiger partial charge on any atom is 0.416 e. The molecule has 112 valence electrons. The van der Waals surface area contributed by atoms with Gasteiger partial charge in [-0.05, 0) is 25.5 Å². The number of amidine groups is 1. The Balaban J connectivity index is 2.81. The Morgan fingerprint density at radius 3 is 2.50 bits per heavy atom. The van der Waals surface area contributed by atoms with Crippen LogP contribution in [0, 0.1) is 5.41 Å². The Morgan fingerprint density at radius 2 is 2.00 bits per heavy atom. The minimum absolute atomic E-state index is 0.0830. The van der Waals surface area contributed by atoms with Crippen LogP contribution in [0.2, 0.25) is 0 Å². The Bertz CT molecular complexity index is 455. The zero-order valence-corrected chi connectivity index (χ0v) is 11.7. The van der Waals surface area contributed by atoms with Gasteiger partial charge in [0.05, 0.1) is 11.4 Å². The van der Waals surface area contributed by atoms with Gasteiger partial charge in [-0.15, -0.1) is 0 Å². The molecule has 1 aromatic carbocycles. The molecule has 6 heteroatoms. The molecule has 0 fully saturated rings. The predicted molar refractivity (Wildman–Crippen MR) is 73.5 cm³/mol. The second-order valence-corrected chi connectivity index (χ2v) is 5.04. The fourth-order valence-electron chi connectivity index (χ4n) is 1.86. The van der Waals surface area contributed by atoms with Crippen molar-refractivity contribution in [1.82, 2.24) is 4.90 Å². The second kappa shape index (κ2) is 6.74. The molecule has 3 nitrogen and oxygen atoms in total. The van der Waals surface area contributed by atoms with Crippen molar-refractivity contribution in [3.05, 3.63) is 35.4 Å². The van der Waals surface area contributed by atoms with Gasteiger partial charge in [0.2, 0.25) is 0 Å². The Morgan fingerprint density at radius 1 is 1.35 bits per heavy atom. The maximum absolute atomic E-state index is 12.7. The predicted octanol–water partition coefficient (Wildman–Crippen LogP) is 3.24. The molecule has 0 aromatic heterocycles. The van der Waals surface area contributed by atoms with E-state index in [4.69, 9.17) is 11.1 Å². The van der Waals surface area contributed by atoms with E-state index in [0.717, 1.165) is 6.07 Å². The summed E-state index contributed by atoms with van der Waals surface area (Å²) in [5, 5.41) is 7.23. The first-order valence-corrected chi connectivity index (χ1v) is 6.43. The highest BCUT2D eigenvalue weighted by Gasteiger charge is 2.30. The number of alkyl halides is 3. The molecule has 0 aliphatic heterocycles. The van der Waals surface area contributed by atoms with Crippen LogP contribution >= 0.6 is 0 Å². The number of hydrogen-bond acceptors (Lipinski definition) is 2. The Hall–Kier alpha value is -1.56. The van der Waals surface area contributed by atoms with Crippen molar-refractivity contribution in [2.24, 2.45) is 5.73 Å². The van der Waals surface area contributed by atoms with Crippen LogP contribution in [0.5, 0.6) is 0 Å². The number of halogens is 3. The number of nitrogens with one attached hydrogen (secondary N) is 1. The fourth-order valence-corrected chi connectivity index (χ4v) is 1.86. The van der Waals surface area contributed by atoms with Gasteiger partial charge < -0.3 is 5.73 Å². The first-order chi connectivity index (χ1) is 9.20. The van der Waals surface area contributed by atoms with Gasteiger partial charge in [-0.3, -0.25) is 10.3 Å². The average Bonchev–Trinajstić information content (AvgIpc) is 2.33. The highest BCUT2D eigenvalue weighted by atomic mass is 19.4. The third-order valence-corrected chi connectivity index (χ3v) is 3.04. The molecule has 3 N–H and O–H groups in total. The van der Waals surface area contributed by atoms with Crippen LogP contribution in [0.1, 0.15) is 31.4 Å². The van der Waals surface area contributed by atoms with E-state index in [-0.39, 0.29) is 11.9 Å². The van der Waals surface area contributed by atoms with Gasteiger partial charge in [0, 0.05) is 25.6 Å². The summed E-state index contributed by atoms with van der Waals surface area (Å²) in [5.74, 6) is 0.0830. The summed E-state index contributed by atoms with van der Waals surface area (Å²) < 4.78 is 38.0. The number of rotatable bonds is 6. The van der Waals surface area contributed by atoms with Crippen molar-refractivity contribution in [2.75, 3.05) is 6.54 Å². The van der Waals surface area contributed by atoms with Gasteiger partial charge in [0.1, 0.15) is 0 Å². The molecular formula is C14H20F3N3. The molecule has 0 aliphatic rings. The van der Waals surface area contributed by atoms with Crippen LogP contribution in [0.15, 0.2) is 24.3 Å². The standard InChI is InChI=1S/C14H20F3N3/c1-10(2)20(7-6-13(18)19)9-11-4-3-5-12(8-11)14(15,16)17/h3-5,8,10H,6-7,9H2,1-2H3,(H3,18,19). The molecule has 0 saturated carbocycles. The monoisotopic (exact) mass is 287 g/mol. The first-order valence-electron chi connectivity index (χ1n) is 6.43. The zero-order valence-electron chi connectivity index (χ0n) is 11.7. The molecule has 1 rings (SSSR count). The molecule has 0 spiro atoms. The molecule has 0 bridgehead atoms. The van der Waals surface area contributed by atoms with Crippen molar-refractivity contribution in [2.45, 2.75) is 39.0 Å². The quantitative estimate of drug-likeness (QED) is 0.623. The highest BCUT2D eigenvalue weighted by Crippen LogP contribution is 2.29. The Kier molecular flexibility index (Phi) is 5.56. The molecule has 0 saturated heterocycles. The van der Waals surface area contributed by atoms with E-state index in [1.54, 1.807) is 6.07 Å². The van der Waals surface area contributed by atoms with Crippen LogP contribution in [-0.2, 0) is 12.7 Å². The summed E-state index contributed by atoms with van der Waals surface area (Å²) in [6, 6.07) is 5.51. The lowest BCUT2D eigenvalue weighted by atomic mass is 10.1. The molecule has 0 amide bonds. The minimum atomic E-state index is -4.32. The summed E-state index contributed by atoms with van der Waals surface area (Å²) in [5.41, 5.74) is 5.30. The number of hydrogen-bond donors (Lipinski definition) is 2. The molecule has 20 heavy (non-hydrogen) atoms. The lowest BCUT2D eigenvalue weighted by Crippen LogP contribution is -2.33. The van der Waals surface area contributed by atoms with E-state index in [0.29, 0.717) is 25.1 Å². The summed E-state index contributed by atoms with van der Waals surface area (Å²) >= 11 is 0. The van der Waals surface area contributed by atoms with E-state index in [2.05, 4.69) is 0 Å². The third-order valence-electron chi connectivity index (χ3n) is 3.04. The Labute approximate surface area is 117 Å². The largest absolute Gasteiger partial charge is 0.416 e. The summed E-state index contributed by atoms with van der Waals surface area (Å²) in [7, 11) is 0. The van der Waals surface area contributed by atoms with Crippen molar-refractivity contribution >= 4 is 5.84 Å². The van der Waals surface area contributed by atoms with Crippen molar-refractivity contribution in [1.29, 1.82) is 5.41 Å². The van der Waals surface area contributed by atoms with Gasteiger partial charge in [-0.2, -0.15) is 13.2 Å². The summed E-state index contributed by atoms with van der Waals surface area (Å²) in [6.07, 6.45) is -3.91. The molecule has 0 radical (unpaired) electrons. The molecule has 0 aliphatic carbocycles. The van der Waals surface area contributed by atoms with Gasteiger partial charge in [-0.25, -0.2) is 0 Å². The van der Waals surface area contributed by atoms with Crippen LogP contribution in [0.25, 0.3) is 0 Å². The van der Waals surface area contributed by atoms with E-state index >= 15 is 0 Å². The average molecular weight is 287 g/mol. The van der Waals surface area contributed by atoms with Crippen LogP contribution in [0.3, 0.4) is 0 Å². The van der Waals surface area contributed by atoms with E-state index in [9.17, 15) is 13.2 Å². The molecule has 1 aromatic rings. The number of nitrogens with zero attached hydrogens (tertiary/aromatic N) is 1. The second-order valence-electron chi connectivity index (χ2n) is 5.04. The highest BCUT2D eigenvalue weighted by molar-refractivity contribution is 5.76. The number of nitrogens with two attached hydrogens (primary N) is 1. The van der Waals surface area contributed by atoms with E-state index in [1.165, 1.54) is 12.1 Å². The van der Waals surface area contributed by atoms with E-state index in [1.807, 2.05) is 18.7 Å². The normalized spacial score (nSPS) is 12.2. The molecule has 0 heterocycles. The topological polar surface area (TPSA) is 53.1 Å². The summed E-state index contributed by atoms with van der Waals surface area (Å²) in [6.45, 7) is 4.90. The maximum atomic E-state index is 12.7. The molecule has 0 atom stereocenters. The van der Waals surface area contributed by atoms with Crippen LogP contribution in [-0.4, -0.2) is 23.3 Å². The van der Waals surface area contributed by atoms with Gasteiger partial charge in [0.15, 0.2) is 0 Å². The van der Waals surface area contributed by atoms with Gasteiger partial charge in [-0.1, -0.05) is 18.2 Å².